The molecule has 0 aromatic carbocycles. The van der Waals surface area contributed by atoms with E-state index in [9.17, 15) is 0 Å². The van der Waals surface area contributed by atoms with Gasteiger partial charge in [-0.15, -0.1) is 0 Å². The van der Waals surface area contributed by atoms with Crippen molar-refractivity contribution in [1.29, 1.82) is 5.41 Å². The van der Waals surface area contributed by atoms with Crippen LogP contribution in [0.5, 0.6) is 0 Å². The van der Waals surface area contributed by atoms with Crippen LogP contribution in [-0.4, -0.2) is 24.4 Å². The van der Waals surface area contributed by atoms with Crippen molar-refractivity contribution in [2.24, 2.45) is 5.73 Å². The van der Waals surface area contributed by atoms with Crippen LogP contribution < -0.4 is 10.6 Å². The van der Waals surface area contributed by atoms with E-state index in [1.807, 2.05) is 24.1 Å². The molecule has 14 heavy (non-hydrogen) atoms. The molecule has 4 heteroatoms. The molecule has 3 N–H and O–H groups in total. The number of anilines is 1. The normalized spacial score (nSPS) is 9.86. The molecule has 0 unspecified atom stereocenters. The first-order valence-corrected chi connectivity index (χ1v) is 4.67. The standard InChI is InChI=1S/C10H16N4/c1-3-7-14(2)9-6-4-5-8(13-9)10(11)12/h4-6H,3,7H2,1-2H3,(H3,11,12). The molecule has 0 amide bonds. The molecule has 0 atom stereocenters. The SMILES string of the molecule is CCCN(C)c1cccc(C(=N)N)n1. The summed E-state index contributed by atoms with van der Waals surface area (Å²) in [7, 11) is 1.98. The van der Waals surface area contributed by atoms with Crippen molar-refractivity contribution in [1.82, 2.24) is 4.98 Å². The van der Waals surface area contributed by atoms with Gasteiger partial charge in [-0.25, -0.2) is 4.98 Å². The Balaban J connectivity index is 2.87. The van der Waals surface area contributed by atoms with Crippen LogP contribution in [0.25, 0.3) is 0 Å². The van der Waals surface area contributed by atoms with E-state index in [0.717, 1.165) is 18.8 Å². The van der Waals surface area contributed by atoms with Gasteiger partial charge in [-0.05, 0) is 18.6 Å². The molecule has 1 heterocycles. The maximum absolute atomic E-state index is 7.27. The van der Waals surface area contributed by atoms with Crippen molar-refractivity contribution in [2.75, 3.05) is 18.5 Å². The second kappa shape index (κ2) is 4.60. The van der Waals surface area contributed by atoms with Gasteiger partial charge in [-0.2, -0.15) is 0 Å². The van der Waals surface area contributed by atoms with E-state index in [0.29, 0.717) is 5.69 Å². The highest BCUT2D eigenvalue weighted by Gasteiger charge is 2.03. The summed E-state index contributed by atoms with van der Waals surface area (Å²) in [6.07, 6.45) is 1.07. The molecule has 1 aromatic rings. The van der Waals surface area contributed by atoms with Crippen LogP contribution in [0, 0.1) is 5.41 Å². The third-order valence-electron chi connectivity index (χ3n) is 1.96. The van der Waals surface area contributed by atoms with Gasteiger partial charge in [0.05, 0.1) is 0 Å². The highest BCUT2D eigenvalue weighted by atomic mass is 15.2. The number of nitrogen functional groups attached to an aromatic ring is 1. The number of nitrogens with zero attached hydrogens (tertiary/aromatic N) is 2. The predicted octanol–water partition coefficient (Wildman–Crippen LogP) is 1.21. The molecule has 0 bridgehead atoms. The van der Waals surface area contributed by atoms with Crippen LogP contribution in [0.2, 0.25) is 0 Å². The Morgan fingerprint density at radius 3 is 2.86 bits per heavy atom. The zero-order valence-electron chi connectivity index (χ0n) is 8.62. The van der Waals surface area contributed by atoms with Gasteiger partial charge in [-0.1, -0.05) is 13.0 Å². The molecule has 0 aliphatic heterocycles. The summed E-state index contributed by atoms with van der Waals surface area (Å²) in [4.78, 5) is 6.32. The van der Waals surface area contributed by atoms with Crippen LogP contribution in [-0.2, 0) is 0 Å². The molecule has 0 saturated heterocycles. The summed E-state index contributed by atoms with van der Waals surface area (Å²) >= 11 is 0. The maximum Gasteiger partial charge on any atom is 0.141 e. The number of pyridine rings is 1. The Bertz CT molecular complexity index is 322. The van der Waals surface area contributed by atoms with E-state index >= 15 is 0 Å². The van der Waals surface area contributed by atoms with Gasteiger partial charge in [0.25, 0.3) is 0 Å². The van der Waals surface area contributed by atoms with Gasteiger partial charge in [0, 0.05) is 13.6 Å². The molecule has 0 fully saturated rings. The Kier molecular flexibility index (Phi) is 3.45. The van der Waals surface area contributed by atoms with E-state index in [1.165, 1.54) is 0 Å². The van der Waals surface area contributed by atoms with Crippen molar-refractivity contribution in [3.8, 4) is 0 Å². The van der Waals surface area contributed by atoms with E-state index in [2.05, 4.69) is 11.9 Å². The average Bonchev–Trinajstić information content (AvgIpc) is 2.18. The second-order valence-corrected chi connectivity index (χ2v) is 3.22. The van der Waals surface area contributed by atoms with Gasteiger partial charge in [0.15, 0.2) is 0 Å². The minimum Gasteiger partial charge on any atom is -0.382 e. The van der Waals surface area contributed by atoms with Gasteiger partial charge < -0.3 is 10.6 Å². The number of nitrogens with one attached hydrogen (secondary N) is 1. The molecule has 0 radical (unpaired) electrons. The molecule has 0 aliphatic carbocycles. The first-order valence-electron chi connectivity index (χ1n) is 4.67. The highest BCUT2D eigenvalue weighted by Crippen LogP contribution is 2.09. The molecule has 0 aliphatic rings. The summed E-state index contributed by atoms with van der Waals surface area (Å²) < 4.78 is 0. The Hall–Kier alpha value is -1.58. The maximum atomic E-state index is 7.27. The molecule has 0 spiro atoms. The lowest BCUT2D eigenvalue weighted by Crippen LogP contribution is -2.21. The number of hydrogen-bond donors (Lipinski definition) is 2. The van der Waals surface area contributed by atoms with E-state index in [1.54, 1.807) is 6.07 Å². The minimum atomic E-state index is 0.0109. The van der Waals surface area contributed by atoms with Crippen LogP contribution >= 0.6 is 0 Å². The molecule has 1 aromatic heterocycles. The van der Waals surface area contributed by atoms with Gasteiger partial charge >= 0.3 is 0 Å². The lowest BCUT2D eigenvalue weighted by molar-refractivity contribution is 0.837. The van der Waals surface area contributed by atoms with Crippen LogP contribution in [0.4, 0.5) is 5.82 Å². The monoisotopic (exact) mass is 192 g/mol. The molecule has 76 valence electrons. The van der Waals surface area contributed by atoms with Crippen molar-refractivity contribution in [3.05, 3.63) is 23.9 Å². The number of amidine groups is 1. The van der Waals surface area contributed by atoms with Crippen LogP contribution in [0.1, 0.15) is 19.0 Å². The van der Waals surface area contributed by atoms with Crippen LogP contribution in [0.15, 0.2) is 18.2 Å². The minimum absolute atomic E-state index is 0.0109. The third-order valence-corrected chi connectivity index (χ3v) is 1.96. The topological polar surface area (TPSA) is 66.0 Å². The fourth-order valence-corrected chi connectivity index (χ4v) is 1.24. The molecular formula is C10H16N4. The van der Waals surface area contributed by atoms with Gasteiger partial charge in [0.2, 0.25) is 0 Å². The number of aromatic nitrogens is 1. The summed E-state index contributed by atoms with van der Waals surface area (Å²) in [5.74, 6) is 0.872. The molecular weight excluding hydrogens is 176 g/mol. The number of nitrogens with two attached hydrogens (primary N) is 1. The van der Waals surface area contributed by atoms with E-state index in [4.69, 9.17) is 11.1 Å². The van der Waals surface area contributed by atoms with Crippen molar-refractivity contribution in [3.63, 3.8) is 0 Å². The van der Waals surface area contributed by atoms with Crippen molar-refractivity contribution < 1.29 is 0 Å². The summed E-state index contributed by atoms with van der Waals surface area (Å²) in [5, 5.41) is 7.27. The fourth-order valence-electron chi connectivity index (χ4n) is 1.24. The predicted molar refractivity (Wildman–Crippen MR) is 58.8 cm³/mol. The number of hydrogen-bond acceptors (Lipinski definition) is 3. The first-order chi connectivity index (χ1) is 6.65. The quantitative estimate of drug-likeness (QED) is 0.556. The molecule has 0 saturated carbocycles. The van der Waals surface area contributed by atoms with Crippen LogP contribution in [0.3, 0.4) is 0 Å². The first kappa shape index (κ1) is 10.5. The largest absolute Gasteiger partial charge is 0.382 e. The average molecular weight is 192 g/mol. The fraction of sp³-hybridized carbons (Fsp3) is 0.400. The van der Waals surface area contributed by atoms with Gasteiger partial charge in [-0.3, -0.25) is 5.41 Å². The van der Waals surface area contributed by atoms with Crippen molar-refractivity contribution in [2.45, 2.75) is 13.3 Å². The lowest BCUT2D eigenvalue weighted by atomic mass is 10.3. The second-order valence-electron chi connectivity index (χ2n) is 3.22. The van der Waals surface area contributed by atoms with Crippen molar-refractivity contribution >= 4 is 11.7 Å². The lowest BCUT2D eigenvalue weighted by Gasteiger charge is -2.17. The summed E-state index contributed by atoms with van der Waals surface area (Å²) in [6.45, 7) is 3.07. The Morgan fingerprint density at radius 2 is 2.29 bits per heavy atom. The number of rotatable bonds is 4. The molecule has 4 nitrogen and oxygen atoms in total. The molecule has 1 rings (SSSR count). The van der Waals surface area contributed by atoms with Gasteiger partial charge in [0.1, 0.15) is 17.3 Å². The highest BCUT2D eigenvalue weighted by molar-refractivity contribution is 5.93. The van der Waals surface area contributed by atoms with E-state index in [-0.39, 0.29) is 5.84 Å². The Morgan fingerprint density at radius 1 is 1.57 bits per heavy atom. The third kappa shape index (κ3) is 2.45. The summed E-state index contributed by atoms with van der Waals surface area (Å²) in [6, 6.07) is 5.53. The Labute approximate surface area is 84.3 Å². The van der Waals surface area contributed by atoms with E-state index < -0.39 is 0 Å². The smallest absolute Gasteiger partial charge is 0.141 e. The zero-order chi connectivity index (χ0) is 10.6. The zero-order valence-corrected chi connectivity index (χ0v) is 8.62. The summed E-state index contributed by atoms with van der Waals surface area (Å²) in [5.41, 5.74) is 5.89.